The maximum atomic E-state index is 12.6. The molecule has 0 saturated carbocycles. The van der Waals surface area contributed by atoms with Gasteiger partial charge in [0.05, 0.1) is 11.1 Å². The largest absolute Gasteiger partial charge is 0.372 e. The molecule has 2 heterocycles. The fourth-order valence-corrected chi connectivity index (χ4v) is 3.76. The molecule has 1 aliphatic rings. The average molecular weight is 376 g/mol. The van der Waals surface area contributed by atoms with E-state index in [1.165, 1.54) is 29.6 Å². The molecule has 6 nitrogen and oxygen atoms in total. The fourth-order valence-electron chi connectivity index (χ4n) is 3.76. The smallest absolute Gasteiger partial charge is 0.275 e. The van der Waals surface area contributed by atoms with E-state index in [-0.39, 0.29) is 18.0 Å². The van der Waals surface area contributed by atoms with Crippen LogP contribution in [0, 0.1) is 6.92 Å². The topological polar surface area (TPSA) is 67.2 Å². The van der Waals surface area contributed by atoms with Crippen LogP contribution in [0.2, 0.25) is 0 Å². The molecule has 0 radical (unpaired) electrons. The Bertz CT molecular complexity index is 1050. The number of hydrogen-bond acceptors (Lipinski definition) is 4. The van der Waals surface area contributed by atoms with Crippen LogP contribution in [0.4, 0.5) is 11.4 Å². The van der Waals surface area contributed by atoms with Crippen LogP contribution >= 0.6 is 0 Å². The number of carbonyl (C=O) groups excluding carboxylic acids is 1. The van der Waals surface area contributed by atoms with Gasteiger partial charge in [-0.05, 0) is 56.5 Å². The van der Waals surface area contributed by atoms with E-state index in [9.17, 15) is 9.59 Å². The molecule has 0 bridgehead atoms. The Labute approximate surface area is 163 Å². The second-order valence-corrected chi connectivity index (χ2v) is 7.24. The van der Waals surface area contributed by atoms with Crippen molar-refractivity contribution in [1.29, 1.82) is 0 Å². The molecule has 4 rings (SSSR count). The number of nitrogens with zero attached hydrogens (tertiary/aromatic N) is 3. The highest BCUT2D eigenvalue weighted by Crippen LogP contribution is 2.21. The fraction of sp³-hybridized carbons (Fsp3) is 0.318. The van der Waals surface area contributed by atoms with Crippen molar-refractivity contribution in [2.24, 2.45) is 0 Å². The van der Waals surface area contributed by atoms with E-state index in [0.29, 0.717) is 5.39 Å². The summed E-state index contributed by atoms with van der Waals surface area (Å²) in [6.07, 6.45) is 3.75. The lowest BCUT2D eigenvalue weighted by Gasteiger charge is -2.28. The standard InChI is InChI=1S/C22H24N4O2/c1-16-19-7-3-4-8-20(19)22(28)26(24-16)15-21(27)23-17-9-11-18(12-10-17)25-13-5-2-6-14-25/h3-4,7-12H,2,5-6,13-15H2,1H3,(H,23,27). The zero-order chi connectivity index (χ0) is 19.5. The van der Waals surface area contributed by atoms with Crippen molar-refractivity contribution >= 4 is 28.1 Å². The third-order valence-corrected chi connectivity index (χ3v) is 5.22. The van der Waals surface area contributed by atoms with Crippen molar-refractivity contribution < 1.29 is 4.79 Å². The maximum absolute atomic E-state index is 12.6. The van der Waals surface area contributed by atoms with Gasteiger partial charge in [-0.2, -0.15) is 5.10 Å². The first kappa shape index (κ1) is 18.2. The lowest BCUT2D eigenvalue weighted by atomic mass is 10.1. The lowest BCUT2D eigenvalue weighted by molar-refractivity contribution is -0.117. The van der Waals surface area contributed by atoms with Gasteiger partial charge in [-0.3, -0.25) is 9.59 Å². The number of benzene rings is 2. The number of aryl methyl sites for hydroxylation is 1. The van der Waals surface area contributed by atoms with Gasteiger partial charge in [0.25, 0.3) is 5.56 Å². The van der Waals surface area contributed by atoms with Crippen LogP contribution in [0.25, 0.3) is 10.8 Å². The second kappa shape index (κ2) is 7.84. The molecule has 0 spiro atoms. The van der Waals surface area contributed by atoms with Gasteiger partial charge in [0, 0.05) is 29.9 Å². The molecule has 28 heavy (non-hydrogen) atoms. The molecule has 1 amide bonds. The molecule has 0 atom stereocenters. The summed E-state index contributed by atoms with van der Waals surface area (Å²) in [6, 6.07) is 15.2. The van der Waals surface area contributed by atoms with E-state index in [4.69, 9.17) is 0 Å². The van der Waals surface area contributed by atoms with Gasteiger partial charge in [-0.25, -0.2) is 4.68 Å². The summed E-state index contributed by atoms with van der Waals surface area (Å²) in [4.78, 5) is 27.4. The first-order valence-electron chi connectivity index (χ1n) is 9.73. The minimum Gasteiger partial charge on any atom is -0.372 e. The summed E-state index contributed by atoms with van der Waals surface area (Å²) in [7, 11) is 0. The SMILES string of the molecule is Cc1nn(CC(=O)Nc2ccc(N3CCCCC3)cc2)c(=O)c2ccccc12. The van der Waals surface area contributed by atoms with E-state index in [1.54, 1.807) is 6.07 Å². The van der Waals surface area contributed by atoms with Gasteiger partial charge in [0.2, 0.25) is 5.91 Å². The molecule has 6 heteroatoms. The second-order valence-electron chi connectivity index (χ2n) is 7.24. The van der Waals surface area contributed by atoms with Crippen LogP contribution in [-0.2, 0) is 11.3 Å². The molecule has 144 valence electrons. The van der Waals surface area contributed by atoms with Gasteiger partial charge < -0.3 is 10.2 Å². The number of piperidine rings is 1. The van der Waals surface area contributed by atoms with Crippen LogP contribution in [0.3, 0.4) is 0 Å². The van der Waals surface area contributed by atoms with E-state index < -0.39 is 0 Å². The molecule has 1 N–H and O–H groups in total. The average Bonchev–Trinajstić information content (AvgIpc) is 2.73. The quantitative estimate of drug-likeness (QED) is 0.758. The number of hydrogen-bond donors (Lipinski definition) is 1. The predicted octanol–water partition coefficient (Wildman–Crippen LogP) is 3.33. The molecular formula is C22H24N4O2. The Morgan fingerprint density at radius 1 is 1.00 bits per heavy atom. The van der Waals surface area contributed by atoms with Crippen molar-refractivity contribution in [2.75, 3.05) is 23.3 Å². The molecule has 3 aromatic rings. The Morgan fingerprint density at radius 3 is 2.39 bits per heavy atom. The van der Waals surface area contributed by atoms with Crippen molar-refractivity contribution in [2.45, 2.75) is 32.7 Å². The summed E-state index contributed by atoms with van der Waals surface area (Å²) in [5.41, 5.74) is 2.38. The summed E-state index contributed by atoms with van der Waals surface area (Å²) in [5, 5.41) is 8.55. The van der Waals surface area contributed by atoms with Gasteiger partial charge in [0.1, 0.15) is 6.54 Å². The Morgan fingerprint density at radius 2 is 1.68 bits per heavy atom. The minimum atomic E-state index is -0.269. The minimum absolute atomic E-state index is 0.113. The number of amides is 1. The molecule has 1 aromatic heterocycles. The van der Waals surface area contributed by atoms with Crippen LogP contribution < -0.4 is 15.8 Å². The number of rotatable bonds is 4. The molecular weight excluding hydrogens is 352 g/mol. The van der Waals surface area contributed by atoms with Gasteiger partial charge in [0.15, 0.2) is 0 Å². The third-order valence-electron chi connectivity index (χ3n) is 5.22. The Kier molecular flexibility index (Phi) is 5.10. The Hall–Kier alpha value is -3.15. The first-order valence-corrected chi connectivity index (χ1v) is 9.73. The van der Waals surface area contributed by atoms with Gasteiger partial charge in [-0.1, -0.05) is 18.2 Å². The summed E-state index contributed by atoms with van der Waals surface area (Å²) in [6.45, 7) is 3.90. The number of aromatic nitrogens is 2. The van der Waals surface area contributed by atoms with Gasteiger partial charge >= 0.3 is 0 Å². The van der Waals surface area contributed by atoms with Crippen LogP contribution in [0.15, 0.2) is 53.3 Å². The number of fused-ring (bicyclic) bond motifs is 1. The van der Waals surface area contributed by atoms with Crippen molar-refractivity contribution in [1.82, 2.24) is 9.78 Å². The highest BCUT2D eigenvalue weighted by Gasteiger charge is 2.13. The molecule has 1 fully saturated rings. The number of nitrogens with one attached hydrogen (secondary N) is 1. The van der Waals surface area contributed by atoms with Crippen LogP contribution in [0.1, 0.15) is 25.0 Å². The summed E-state index contributed by atoms with van der Waals surface area (Å²) >= 11 is 0. The van der Waals surface area contributed by atoms with E-state index in [2.05, 4.69) is 15.3 Å². The lowest BCUT2D eigenvalue weighted by Crippen LogP contribution is -2.30. The maximum Gasteiger partial charge on any atom is 0.275 e. The molecule has 0 aliphatic carbocycles. The zero-order valence-corrected chi connectivity index (χ0v) is 16.0. The van der Waals surface area contributed by atoms with Gasteiger partial charge in [-0.15, -0.1) is 0 Å². The van der Waals surface area contributed by atoms with E-state index in [1.807, 2.05) is 49.4 Å². The van der Waals surface area contributed by atoms with Crippen LogP contribution in [-0.4, -0.2) is 28.8 Å². The normalized spacial score (nSPS) is 14.2. The van der Waals surface area contributed by atoms with E-state index >= 15 is 0 Å². The monoisotopic (exact) mass is 376 g/mol. The summed E-state index contributed by atoms with van der Waals surface area (Å²) in [5.74, 6) is -0.269. The number of carbonyl (C=O) groups is 1. The highest BCUT2D eigenvalue weighted by molar-refractivity contribution is 5.91. The summed E-state index contributed by atoms with van der Waals surface area (Å²) < 4.78 is 1.23. The molecule has 2 aromatic carbocycles. The third kappa shape index (κ3) is 3.76. The van der Waals surface area contributed by atoms with Crippen LogP contribution in [0.5, 0.6) is 0 Å². The number of anilines is 2. The first-order chi connectivity index (χ1) is 13.6. The van der Waals surface area contributed by atoms with Crippen molar-refractivity contribution in [3.05, 3.63) is 64.6 Å². The van der Waals surface area contributed by atoms with E-state index in [0.717, 1.165) is 29.9 Å². The molecule has 1 aliphatic heterocycles. The van der Waals surface area contributed by atoms with Crippen molar-refractivity contribution in [3.8, 4) is 0 Å². The van der Waals surface area contributed by atoms with Crippen molar-refractivity contribution in [3.63, 3.8) is 0 Å². The zero-order valence-electron chi connectivity index (χ0n) is 16.0. The molecule has 1 saturated heterocycles. The Balaban J connectivity index is 1.47. The highest BCUT2D eigenvalue weighted by atomic mass is 16.2. The molecule has 0 unspecified atom stereocenters. The predicted molar refractivity (Wildman–Crippen MR) is 112 cm³/mol.